The lowest BCUT2D eigenvalue weighted by Crippen LogP contribution is -2.44. The second-order valence-corrected chi connectivity index (χ2v) is 10.7. The zero-order valence-electron chi connectivity index (χ0n) is 17.4. The van der Waals surface area contributed by atoms with Crippen molar-refractivity contribution in [1.82, 2.24) is 5.32 Å². The van der Waals surface area contributed by atoms with Gasteiger partial charge in [0.2, 0.25) is 0 Å². The minimum absolute atomic E-state index is 0.208. The molecule has 1 aliphatic rings. The van der Waals surface area contributed by atoms with E-state index in [-0.39, 0.29) is 6.04 Å². The van der Waals surface area contributed by atoms with Gasteiger partial charge in [0.05, 0.1) is 16.8 Å². The molecule has 0 aliphatic carbocycles. The fourth-order valence-electron chi connectivity index (χ4n) is 4.52. The Morgan fingerprint density at radius 1 is 0.906 bits per heavy atom. The van der Waals surface area contributed by atoms with Crippen LogP contribution < -0.4 is 10.2 Å². The van der Waals surface area contributed by atoms with Crippen LogP contribution in [0.5, 0.6) is 0 Å². The van der Waals surface area contributed by atoms with Gasteiger partial charge >= 0.3 is 0 Å². The Labute approximate surface area is 207 Å². The normalized spacial score (nSPS) is 18.9. The maximum atomic E-state index is 6.60. The van der Waals surface area contributed by atoms with Gasteiger partial charge in [-0.05, 0) is 66.3 Å². The SMILES string of the molecule is Clc1ccc(C2CC(NCc3cc4ccccc4s3)CCN2c2ccc(Cl)cc2Cl)cc1. The quantitative estimate of drug-likeness (QED) is 0.295. The minimum atomic E-state index is 0.208. The van der Waals surface area contributed by atoms with E-state index >= 15 is 0 Å². The molecule has 1 N–H and O–H groups in total. The van der Waals surface area contributed by atoms with E-state index in [1.165, 1.54) is 20.5 Å². The van der Waals surface area contributed by atoms with Crippen LogP contribution in [0.2, 0.25) is 15.1 Å². The predicted octanol–water partition coefficient (Wildman–Crippen LogP) is 8.36. The standard InChI is InChI=1S/C26H23Cl3N2S/c27-19-7-5-17(6-8-19)25-15-21(11-12-31(25)24-10-9-20(28)14-23(24)29)30-16-22-13-18-3-1-2-4-26(18)32-22/h1-10,13-14,21,25,30H,11-12,15-16H2. The Balaban J connectivity index is 1.36. The van der Waals surface area contributed by atoms with Gasteiger partial charge in [-0.1, -0.05) is 65.1 Å². The van der Waals surface area contributed by atoms with Gasteiger partial charge in [-0.2, -0.15) is 0 Å². The Bertz CT molecular complexity index is 1190. The van der Waals surface area contributed by atoms with Crippen LogP contribution in [0.15, 0.2) is 72.8 Å². The minimum Gasteiger partial charge on any atom is -0.363 e. The number of nitrogens with zero attached hydrogens (tertiary/aromatic N) is 1. The molecule has 5 rings (SSSR count). The third kappa shape index (κ3) is 4.78. The average Bonchev–Trinajstić information content (AvgIpc) is 3.21. The Kier molecular flexibility index (Phi) is 6.64. The number of halogens is 3. The van der Waals surface area contributed by atoms with Crippen LogP contribution in [0.1, 0.15) is 29.3 Å². The zero-order valence-corrected chi connectivity index (χ0v) is 20.5. The van der Waals surface area contributed by atoms with E-state index in [2.05, 4.69) is 52.7 Å². The number of hydrogen-bond acceptors (Lipinski definition) is 3. The summed E-state index contributed by atoms with van der Waals surface area (Å²) >= 11 is 20.8. The molecule has 4 aromatic rings. The van der Waals surface area contributed by atoms with Crippen LogP contribution in [-0.4, -0.2) is 12.6 Å². The smallest absolute Gasteiger partial charge is 0.0654 e. The maximum absolute atomic E-state index is 6.60. The summed E-state index contributed by atoms with van der Waals surface area (Å²) in [5, 5.41) is 7.22. The first kappa shape index (κ1) is 22.1. The lowest BCUT2D eigenvalue weighted by Gasteiger charge is -2.42. The number of thiophene rings is 1. The second-order valence-electron chi connectivity index (χ2n) is 8.21. The summed E-state index contributed by atoms with van der Waals surface area (Å²) in [6.45, 7) is 1.80. The van der Waals surface area contributed by atoms with Crippen LogP contribution in [0, 0.1) is 0 Å². The van der Waals surface area contributed by atoms with E-state index in [4.69, 9.17) is 34.8 Å². The summed E-state index contributed by atoms with van der Waals surface area (Å²) in [5.74, 6) is 0. The highest BCUT2D eigenvalue weighted by atomic mass is 35.5. The van der Waals surface area contributed by atoms with Crippen LogP contribution in [0.4, 0.5) is 5.69 Å². The van der Waals surface area contributed by atoms with E-state index < -0.39 is 0 Å². The predicted molar refractivity (Wildman–Crippen MR) is 140 cm³/mol. The molecule has 0 radical (unpaired) electrons. The number of benzene rings is 3. The van der Waals surface area contributed by atoms with Crippen molar-refractivity contribution in [1.29, 1.82) is 0 Å². The van der Waals surface area contributed by atoms with Gasteiger partial charge in [0, 0.05) is 38.8 Å². The van der Waals surface area contributed by atoms with Crippen molar-refractivity contribution in [2.24, 2.45) is 0 Å². The Morgan fingerprint density at radius 3 is 2.47 bits per heavy atom. The van der Waals surface area contributed by atoms with Gasteiger partial charge in [-0.3, -0.25) is 0 Å². The molecule has 2 atom stereocenters. The van der Waals surface area contributed by atoms with E-state index in [1.807, 2.05) is 41.7 Å². The molecule has 0 bridgehead atoms. The van der Waals surface area contributed by atoms with Gasteiger partial charge in [-0.25, -0.2) is 0 Å². The number of rotatable bonds is 5. The third-order valence-electron chi connectivity index (χ3n) is 6.12. The van der Waals surface area contributed by atoms with Crippen molar-refractivity contribution in [3.8, 4) is 0 Å². The molecule has 32 heavy (non-hydrogen) atoms. The van der Waals surface area contributed by atoms with Crippen LogP contribution in [0.3, 0.4) is 0 Å². The lowest BCUT2D eigenvalue weighted by atomic mass is 9.91. The van der Waals surface area contributed by atoms with Crippen molar-refractivity contribution in [3.05, 3.63) is 98.3 Å². The summed E-state index contributed by atoms with van der Waals surface area (Å²) in [6, 6.07) is 25.4. The second kappa shape index (κ2) is 9.62. The highest BCUT2D eigenvalue weighted by Gasteiger charge is 2.31. The Morgan fingerprint density at radius 2 is 1.69 bits per heavy atom. The Hall–Kier alpha value is -1.75. The number of fused-ring (bicyclic) bond motifs is 1. The first-order valence-corrected chi connectivity index (χ1v) is 12.7. The number of hydrogen-bond donors (Lipinski definition) is 1. The first-order chi connectivity index (χ1) is 15.6. The fraction of sp³-hybridized carbons (Fsp3) is 0.231. The van der Waals surface area contributed by atoms with E-state index in [1.54, 1.807) is 0 Å². The highest BCUT2D eigenvalue weighted by Crippen LogP contribution is 2.40. The molecular formula is C26H23Cl3N2S. The molecule has 0 saturated carbocycles. The van der Waals surface area contributed by atoms with Crippen LogP contribution >= 0.6 is 46.1 Å². The molecule has 6 heteroatoms. The summed E-state index contributed by atoms with van der Waals surface area (Å²) in [6.07, 6.45) is 2.04. The number of piperidine rings is 1. The van der Waals surface area contributed by atoms with Gasteiger partial charge in [0.15, 0.2) is 0 Å². The molecule has 2 nitrogen and oxygen atoms in total. The largest absolute Gasteiger partial charge is 0.363 e. The number of nitrogens with one attached hydrogen (secondary N) is 1. The number of anilines is 1. The summed E-state index contributed by atoms with van der Waals surface area (Å²) < 4.78 is 1.34. The maximum Gasteiger partial charge on any atom is 0.0654 e. The molecule has 1 fully saturated rings. The van der Waals surface area contributed by atoms with Crippen molar-refractivity contribution in [2.45, 2.75) is 31.5 Å². The van der Waals surface area contributed by atoms with Crippen molar-refractivity contribution >= 4 is 61.9 Å². The topological polar surface area (TPSA) is 15.3 Å². The fourth-order valence-corrected chi connectivity index (χ4v) is 6.18. The molecule has 0 spiro atoms. The molecular weight excluding hydrogens is 479 g/mol. The van der Waals surface area contributed by atoms with Gasteiger partial charge < -0.3 is 10.2 Å². The summed E-state index contributed by atoms with van der Waals surface area (Å²) in [4.78, 5) is 3.77. The lowest BCUT2D eigenvalue weighted by molar-refractivity contribution is 0.360. The molecule has 2 unspecified atom stereocenters. The van der Waals surface area contributed by atoms with Crippen molar-refractivity contribution < 1.29 is 0 Å². The zero-order chi connectivity index (χ0) is 22.1. The monoisotopic (exact) mass is 500 g/mol. The molecule has 1 aliphatic heterocycles. The van der Waals surface area contributed by atoms with Crippen molar-refractivity contribution in [2.75, 3.05) is 11.4 Å². The molecule has 3 aromatic carbocycles. The molecule has 1 aromatic heterocycles. The molecule has 1 saturated heterocycles. The van der Waals surface area contributed by atoms with E-state index in [0.717, 1.165) is 36.6 Å². The molecule has 0 amide bonds. The third-order valence-corrected chi connectivity index (χ3v) is 8.02. The summed E-state index contributed by atoms with van der Waals surface area (Å²) in [7, 11) is 0. The average molecular weight is 502 g/mol. The molecule has 2 heterocycles. The van der Waals surface area contributed by atoms with Crippen LogP contribution in [0.25, 0.3) is 10.1 Å². The van der Waals surface area contributed by atoms with Crippen LogP contribution in [-0.2, 0) is 6.54 Å². The molecule has 164 valence electrons. The summed E-state index contributed by atoms with van der Waals surface area (Å²) in [5.41, 5.74) is 2.27. The van der Waals surface area contributed by atoms with E-state index in [9.17, 15) is 0 Å². The van der Waals surface area contributed by atoms with Gasteiger partial charge in [0.25, 0.3) is 0 Å². The van der Waals surface area contributed by atoms with Gasteiger partial charge in [-0.15, -0.1) is 11.3 Å². The highest BCUT2D eigenvalue weighted by molar-refractivity contribution is 7.19. The van der Waals surface area contributed by atoms with Crippen molar-refractivity contribution in [3.63, 3.8) is 0 Å². The first-order valence-electron chi connectivity index (χ1n) is 10.7. The van der Waals surface area contributed by atoms with E-state index in [0.29, 0.717) is 16.1 Å². The van der Waals surface area contributed by atoms with Gasteiger partial charge in [0.1, 0.15) is 0 Å².